The molecule has 0 fully saturated rings. The second-order valence-electron chi connectivity index (χ2n) is 5.66. The molecule has 0 aliphatic heterocycles. The van der Waals surface area contributed by atoms with Gasteiger partial charge in [0.15, 0.2) is 0 Å². The van der Waals surface area contributed by atoms with E-state index in [2.05, 4.69) is 0 Å². The van der Waals surface area contributed by atoms with Gasteiger partial charge in [-0.05, 0) is 35.9 Å². The van der Waals surface area contributed by atoms with Crippen molar-refractivity contribution in [2.24, 2.45) is 0 Å². The molecule has 0 bridgehead atoms. The number of sulfonamides is 1. The summed E-state index contributed by atoms with van der Waals surface area (Å²) in [6, 6.07) is 21.0. The number of hydrogen-bond donors (Lipinski definition) is 0. The Bertz CT molecular complexity index is 991. The number of benzene rings is 3. The van der Waals surface area contributed by atoms with E-state index in [1.807, 2.05) is 30.3 Å². The molecule has 0 heterocycles. The van der Waals surface area contributed by atoms with Crippen LogP contribution in [-0.2, 0) is 16.6 Å². The van der Waals surface area contributed by atoms with E-state index < -0.39 is 15.8 Å². The van der Waals surface area contributed by atoms with Gasteiger partial charge in [0.1, 0.15) is 11.6 Å². The first-order valence-corrected chi connectivity index (χ1v) is 9.41. The SMILES string of the molecule is COc1cccc(N(Cc2ccccc2)S(=O)(=O)c2cccc(F)c2)c1. The van der Waals surface area contributed by atoms with Crippen molar-refractivity contribution in [2.75, 3.05) is 11.4 Å². The van der Waals surface area contributed by atoms with Crippen LogP contribution in [0.3, 0.4) is 0 Å². The van der Waals surface area contributed by atoms with Crippen molar-refractivity contribution < 1.29 is 17.5 Å². The number of nitrogens with zero attached hydrogens (tertiary/aromatic N) is 1. The highest BCUT2D eigenvalue weighted by atomic mass is 32.2. The first-order chi connectivity index (χ1) is 12.5. The Labute approximate surface area is 152 Å². The van der Waals surface area contributed by atoms with Gasteiger partial charge in [-0.1, -0.05) is 42.5 Å². The van der Waals surface area contributed by atoms with E-state index in [-0.39, 0.29) is 11.4 Å². The predicted molar refractivity (Wildman–Crippen MR) is 99.2 cm³/mol. The molecule has 26 heavy (non-hydrogen) atoms. The van der Waals surface area contributed by atoms with Crippen LogP contribution in [-0.4, -0.2) is 15.5 Å². The van der Waals surface area contributed by atoms with Gasteiger partial charge >= 0.3 is 0 Å². The molecule has 0 N–H and O–H groups in total. The second kappa shape index (κ2) is 7.58. The normalized spacial score (nSPS) is 11.2. The highest BCUT2D eigenvalue weighted by molar-refractivity contribution is 7.92. The second-order valence-corrected chi connectivity index (χ2v) is 7.52. The molecule has 3 rings (SSSR count). The van der Waals surface area contributed by atoms with Gasteiger partial charge in [0, 0.05) is 6.07 Å². The molecule has 0 aliphatic carbocycles. The Hall–Kier alpha value is -2.86. The monoisotopic (exact) mass is 371 g/mol. The third-order valence-electron chi connectivity index (χ3n) is 3.89. The van der Waals surface area contributed by atoms with Crippen LogP contribution in [0.1, 0.15) is 5.56 Å². The van der Waals surface area contributed by atoms with Crippen molar-refractivity contribution in [1.29, 1.82) is 0 Å². The van der Waals surface area contributed by atoms with Crippen molar-refractivity contribution in [3.63, 3.8) is 0 Å². The fraction of sp³-hybridized carbons (Fsp3) is 0.100. The lowest BCUT2D eigenvalue weighted by Gasteiger charge is -2.25. The van der Waals surface area contributed by atoms with Gasteiger partial charge in [0.05, 0.1) is 24.2 Å². The van der Waals surface area contributed by atoms with Crippen LogP contribution >= 0.6 is 0 Å². The first kappa shape index (κ1) is 17.9. The highest BCUT2D eigenvalue weighted by Crippen LogP contribution is 2.29. The lowest BCUT2D eigenvalue weighted by molar-refractivity contribution is 0.415. The van der Waals surface area contributed by atoms with Crippen LogP contribution in [0.15, 0.2) is 83.8 Å². The average Bonchev–Trinajstić information content (AvgIpc) is 2.67. The molecule has 0 radical (unpaired) electrons. The van der Waals surface area contributed by atoms with Crippen molar-refractivity contribution in [1.82, 2.24) is 0 Å². The van der Waals surface area contributed by atoms with Gasteiger partial charge < -0.3 is 4.74 Å². The molecule has 0 aromatic heterocycles. The van der Waals surface area contributed by atoms with E-state index >= 15 is 0 Å². The van der Waals surface area contributed by atoms with Crippen LogP contribution in [0.2, 0.25) is 0 Å². The summed E-state index contributed by atoms with van der Waals surface area (Å²) in [4.78, 5) is -0.101. The zero-order chi connectivity index (χ0) is 18.6. The molecule has 4 nitrogen and oxygen atoms in total. The smallest absolute Gasteiger partial charge is 0.264 e. The van der Waals surface area contributed by atoms with Crippen LogP contribution in [0.5, 0.6) is 5.75 Å². The van der Waals surface area contributed by atoms with Gasteiger partial charge in [-0.2, -0.15) is 0 Å². The van der Waals surface area contributed by atoms with Crippen LogP contribution in [0.25, 0.3) is 0 Å². The Kier molecular flexibility index (Phi) is 5.23. The van der Waals surface area contributed by atoms with E-state index in [0.29, 0.717) is 11.4 Å². The minimum Gasteiger partial charge on any atom is -0.497 e. The van der Waals surface area contributed by atoms with Gasteiger partial charge in [-0.25, -0.2) is 12.8 Å². The summed E-state index contributed by atoms with van der Waals surface area (Å²) in [5.74, 6) is -0.0635. The lowest BCUT2D eigenvalue weighted by atomic mass is 10.2. The molecular weight excluding hydrogens is 353 g/mol. The number of hydrogen-bond acceptors (Lipinski definition) is 3. The van der Waals surface area contributed by atoms with Gasteiger partial charge in [0.25, 0.3) is 10.0 Å². The van der Waals surface area contributed by atoms with E-state index in [9.17, 15) is 12.8 Å². The van der Waals surface area contributed by atoms with Crippen LogP contribution in [0.4, 0.5) is 10.1 Å². The molecule has 134 valence electrons. The molecule has 3 aromatic rings. The molecule has 0 spiro atoms. The Morgan fingerprint density at radius 1 is 0.923 bits per heavy atom. The Balaban J connectivity index is 2.10. The summed E-state index contributed by atoms with van der Waals surface area (Å²) >= 11 is 0. The quantitative estimate of drug-likeness (QED) is 0.651. The molecule has 0 saturated carbocycles. The largest absolute Gasteiger partial charge is 0.497 e. The number of methoxy groups -OCH3 is 1. The van der Waals surface area contributed by atoms with Crippen molar-refractivity contribution in [3.8, 4) is 5.75 Å². The zero-order valence-electron chi connectivity index (χ0n) is 14.2. The van der Waals surface area contributed by atoms with Gasteiger partial charge in [-0.3, -0.25) is 4.31 Å². The average molecular weight is 371 g/mol. The summed E-state index contributed by atoms with van der Waals surface area (Å²) in [5.41, 5.74) is 1.26. The van der Waals surface area contributed by atoms with Crippen LogP contribution < -0.4 is 9.04 Å². The molecule has 6 heteroatoms. The topological polar surface area (TPSA) is 46.6 Å². The van der Waals surface area contributed by atoms with E-state index in [1.54, 1.807) is 24.3 Å². The summed E-state index contributed by atoms with van der Waals surface area (Å²) < 4.78 is 46.5. The Morgan fingerprint density at radius 2 is 1.65 bits per heavy atom. The fourth-order valence-electron chi connectivity index (χ4n) is 2.58. The number of halogens is 1. The standard InChI is InChI=1S/C20H18FNO3S/c1-25-19-11-6-10-18(14-19)22(15-16-7-3-2-4-8-16)26(23,24)20-12-5-9-17(21)13-20/h2-14H,15H2,1H3. The maximum atomic E-state index is 13.6. The van der Waals surface area contributed by atoms with E-state index in [4.69, 9.17) is 4.74 Å². The summed E-state index contributed by atoms with van der Waals surface area (Å²) in [5, 5.41) is 0. The maximum absolute atomic E-state index is 13.6. The van der Waals surface area contributed by atoms with Gasteiger partial charge in [0.2, 0.25) is 0 Å². The number of anilines is 1. The van der Waals surface area contributed by atoms with Crippen LogP contribution in [0, 0.1) is 5.82 Å². The van der Waals surface area contributed by atoms with Crippen molar-refractivity contribution in [3.05, 3.63) is 90.2 Å². The first-order valence-electron chi connectivity index (χ1n) is 7.97. The van der Waals surface area contributed by atoms with Crippen molar-refractivity contribution in [2.45, 2.75) is 11.4 Å². The maximum Gasteiger partial charge on any atom is 0.264 e. The summed E-state index contributed by atoms with van der Waals surface area (Å²) in [6.45, 7) is 0.118. The zero-order valence-corrected chi connectivity index (χ0v) is 15.0. The Morgan fingerprint density at radius 3 is 2.35 bits per heavy atom. The third kappa shape index (κ3) is 3.86. The predicted octanol–water partition coefficient (Wildman–Crippen LogP) is 4.23. The number of ether oxygens (including phenoxy) is 1. The van der Waals surface area contributed by atoms with E-state index in [0.717, 1.165) is 11.6 Å². The molecular formula is C20H18FNO3S. The number of rotatable bonds is 6. The fourth-order valence-corrected chi connectivity index (χ4v) is 4.06. The molecule has 0 saturated heterocycles. The third-order valence-corrected chi connectivity index (χ3v) is 5.66. The minimum atomic E-state index is -3.96. The van der Waals surface area contributed by atoms with Crippen molar-refractivity contribution >= 4 is 15.7 Å². The van der Waals surface area contributed by atoms with Gasteiger partial charge in [-0.15, -0.1) is 0 Å². The minimum absolute atomic E-state index is 0.101. The summed E-state index contributed by atoms with van der Waals surface area (Å²) in [6.07, 6.45) is 0. The highest BCUT2D eigenvalue weighted by Gasteiger charge is 2.26. The molecule has 0 amide bonds. The lowest BCUT2D eigenvalue weighted by Crippen LogP contribution is -2.30. The molecule has 3 aromatic carbocycles. The molecule has 0 aliphatic rings. The molecule has 0 unspecified atom stereocenters. The van der Waals surface area contributed by atoms with E-state index in [1.165, 1.54) is 29.6 Å². The molecule has 0 atom stereocenters. The summed E-state index contributed by atoms with van der Waals surface area (Å²) in [7, 11) is -2.45.